The Bertz CT molecular complexity index is 446. The van der Waals surface area contributed by atoms with Gasteiger partial charge in [-0.2, -0.15) is 0 Å². The highest BCUT2D eigenvalue weighted by molar-refractivity contribution is 7.08. The van der Waals surface area contributed by atoms with E-state index in [0.717, 1.165) is 38.0 Å². The van der Waals surface area contributed by atoms with Crippen LogP contribution in [0.15, 0.2) is 0 Å². The van der Waals surface area contributed by atoms with Crippen LogP contribution in [0.1, 0.15) is 41.6 Å². The molecule has 1 fully saturated rings. The van der Waals surface area contributed by atoms with E-state index in [4.69, 9.17) is 4.74 Å². The molecule has 0 aromatic carbocycles. The van der Waals surface area contributed by atoms with Crippen LogP contribution in [0.5, 0.6) is 0 Å². The number of hydrogen-bond acceptors (Lipinski definition) is 6. The van der Waals surface area contributed by atoms with Crippen molar-refractivity contribution in [2.45, 2.75) is 38.6 Å². The quantitative estimate of drug-likeness (QED) is 0.784. The molecule has 1 aliphatic heterocycles. The Morgan fingerprint density at radius 2 is 2.43 bits per heavy atom. The van der Waals surface area contributed by atoms with Crippen LogP contribution in [-0.4, -0.2) is 59.8 Å². The zero-order chi connectivity index (χ0) is 15.1. The van der Waals surface area contributed by atoms with Crippen molar-refractivity contribution >= 4 is 17.4 Å². The molecule has 2 rings (SSSR count). The Hall–Kier alpha value is -1.05. The minimum atomic E-state index is 0.0409. The van der Waals surface area contributed by atoms with Crippen LogP contribution in [0.4, 0.5) is 0 Å². The molecule has 0 spiro atoms. The van der Waals surface area contributed by atoms with Gasteiger partial charge < -0.3 is 15.0 Å². The van der Waals surface area contributed by atoms with Crippen LogP contribution >= 0.6 is 11.5 Å². The van der Waals surface area contributed by atoms with E-state index in [1.165, 1.54) is 18.0 Å². The number of hydrogen-bond donors (Lipinski definition) is 1. The van der Waals surface area contributed by atoms with Gasteiger partial charge in [0.25, 0.3) is 5.91 Å². The summed E-state index contributed by atoms with van der Waals surface area (Å²) in [5, 5.41) is 7.54. The molecule has 1 N–H and O–H groups in total. The summed E-state index contributed by atoms with van der Waals surface area (Å²) in [5.74, 6) is 0.0409. The minimum absolute atomic E-state index is 0.0409. The Morgan fingerprint density at radius 1 is 1.57 bits per heavy atom. The lowest BCUT2D eigenvalue weighted by Gasteiger charge is -2.25. The summed E-state index contributed by atoms with van der Waals surface area (Å²) >= 11 is 1.20. The first kappa shape index (κ1) is 16.3. The molecule has 1 atom stereocenters. The Morgan fingerprint density at radius 3 is 3.10 bits per heavy atom. The SMILES string of the molecule is CCCc1nnsc1C(=O)N(CCOC)CC1CCCN1. The van der Waals surface area contributed by atoms with E-state index in [0.29, 0.717) is 24.1 Å². The molecule has 1 aliphatic rings. The molecule has 1 amide bonds. The number of ether oxygens (including phenoxy) is 1. The summed E-state index contributed by atoms with van der Waals surface area (Å²) in [4.78, 5) is 15.3. The van der Waals surface area contributed by atoms with Crippen LogP contribution in [0.2, 0.25) is 0 Å². The van der Waals surface area contributed by atoms with E-state index in [2.05, 4.69) is 21.8 Å². The molecule has 0 saturated carbocycles. The number of rotatable bonds is 8. The first-order chi connectivity index (χ1) is 10.3. The van der Waals surface area contributed by atoms with E-state index < -0.39 is 0 Å². The van der Waals surface area contributed by atoms with Crippen molar-refractivity contribution in [1.29, 1.82) is 0 Å². The Balaban J connectivity index is 2.06. The number of aryl methyl sites for hydroxylation is 1. The maximum Gasteiger partial charge on any atom is 0.267 e. The zero-order valence-corrected chi connectivity index (χ0v) is 13.6. The van der Waals surface area contributed by atoms with Crippen molar-refractivity contribution in [3.63, 3.8) is 0 Å². The van der Waals surface area contributed by atoms with Gasteiger partial charge in [0.2, 0.25) is 0 Å². The molecule has 0 radical (unpaired) electrons. The Kier molecular flexibility index (Phi) is 6.53. The Labute approximate surface area is 130 Å². The lowest BCUT2D eigenvalue weighted by atomic mass is 10.2. The number of amides is 1. The van der Waals surface area contributed by atoms with Gasteiger partial charge in [-0.25, -0.2) is 0 Å². The monoisotopic (exact) mass is 312 g/mol. The van der Waals surface area contributed by atoms with Crippen LogP contribution in [-0.2, 0) is 11.2 Å². The molecular weight excluding hydrogens is 288 g/mol. The third-order valence-electron chi connectivity index (χ3n) is 3.69. The molecular formula is C14H24N4O2S. The van der Waals surface area contributed by atoms with E-state index >= 15 is 0 Å². The number of methoxy groups -OCH3 is 1. The number of carbonyl (C=O) groups is 1. The molecule has 7 heteroatoms. The normalized spacial score (nSPS) is 18.1. The third kappa shape index (κ3) is 4.46. The van der Waals surface area contributed by atoms with Gasteiger partial charge >= 0.3 is 0 Å². The molecule has 1 unspecified atom stereocenters. The van der Waals surface area contributed by atoms with Crippen molar-refractivity contribution in [2.24, 2.45) is 0 Å². The second-order valence-corrected chi connectivity index (χ2v) is 6.09. The third-order valence-corrected chi connectivity index (χ3v) is 4.45. The molecule has 1 aromatic heterocycles. The minimum Gasteiger partial charge on any atom is -0.383 e. The van der Waals surface area contributed by atoms with Gasteiger partial charge in [-0.3, -0.25) is 4.79 Å². The molecule has 0 bridgehead atoms. The topological polar surface area (TPSA) is 67.4 Å². The number of nitrogens with one attached hydrogen (secondary N) is 1. The number of aromatic nitrogens is 2. The van der Waals surface area contributed by atoms with E-state index in [9.17, 15) is 4.79 Å². The maximum atomic E-state index is 12.8. The summed E-state index contributed by atoms with van der Waals surface area (Å²) in [6.45, 7) is 5.01. The van der Waals surface area contributed by atoms with Gasteiger partial charge in [-0.1, -0.05) is 17.8 Å². The molecule has 6 nitrogen and oxygen atoms in total. The van der Waals surface area contributed by atoms with Crippen molar-refractivity contribution < 1.29 is 9.53 Å². The van der Waals surface area contributed by atoms with Crippen LogP contribution in [0, 0.1) is 0 Å². The smallest absolute Gasteiger partial charge is 0.267 e. The van der Waals surface area contributed by atoms with Crippen molar-refractivity contribution in [3.8, 4) is 0 Å². The van der Waals surface area contributed by atoms with E-state index in [1.807, 2.05) is 4.90 Å². The van der Waals surface area contributed by atoms with Gasteiger partial charge in [0.05, 0.1) is 12.3 Å². The summed E-state index contributed by atoms with van der Waals surface area (Å²) in [6.07, 6.45) is 4.07. The fourth-order valence-electron chi connectivity index (χ4n) is 2.57. The summed E-state index contributed by atoms with van der Waals surface area (Å²) < 4.78 is 9.09. The lowest BCUT2D eigenvalue weighted by molar-refractivity contribution is 0.0682. The molecule has 21 heavy (non-hydrogen) atoms. The van der Waals surface area contributed by atoms with Gasteiger partial charge in [0.15, 0.2) is 0 Å². The van der Waals surface area contributed by atoms with E-state index in [-0.39, 0.29) is 5.91 Å². The van der Waals surface area contributed by atoms with Crippen LogP contribution < -0.4 is 5.32 Å². The maximum absolute atomic E-state index is 12.8. The molecule has 118 valence electrons. The average Bonchev–Trinajstić information content (AvgIpc) is 3.14. The largest absolute Gasteiger partial charge is 0.383 e. The predicted octanol–water partition coefficient (Wildman–Crippen LogP) is 1.33. The van der Waals surface area contributed by atoms with Crippen molar-refractivity contribution in [2.75, 3.05) is 33.4 Å². The highest BCUT2D eigenvalue weighted by Gasteiger charge is 2.25. The highest BCUT2D eigenvalue weighted by Crippen LogP contribution is 2.17. The molecule has 1 saturated heterocycles. The summed E-state index contributed by atoms with van der Waals surface area (Å²) in [6, 6.07) is 0.390. The number of carbonyl (C=O) groups excluding carboxylic acids is 1. The lowest BCUT2D eigenvalue weighted by Crippen LogP contribution is -2.42. The van der Waals surface area contributed by atoms with Gasteiger partial charge in [-0.05, 0) is 37.3 Å². The zero-order valence-electron chi connectivity index (χ0n) is 12.8. The fraction of sp³-hybridized carbons (Fsp3) is 0.786. The fourth-order valence-corrected chi connectivity index (χ4v) is 3.25. The van der Waals surface area contributed by atoms with Crippen LogP contribution in [0.25, 0.3) is 0 Å². The van der Waals surface area contributed by atoms with Gasteiger partial charge in [-0.15, -0.1) is 5.10 Å². The summed E-state index contributed by atoms with van der Waals surface area (Å²) in [5.41, 5.74) is 0.828. The van der Waals surface area contributed by atoms with Gasteiger partial charge in [0, 0.05) is 26.2 Å². The average molecular weight is 312 g/mol. The second-order valence-electron chi connectivity index (χ2n) is 5.34. The number of nitrogens with zero attached hydrogens (tertiary/aromatic N) is 3. The molecule has 0 aliphatic carbocycles. The van der Waals surface area contributed by atoms with Crippen molar-refractivity contribution in [3.05, 3.63) is 10.6 Å². The first-order valence-electron chi connectivity index (χ1n) is 7.59. The summed E-state index contributed by atoms with van der Waals surface area (Å²) in [7, 11) is 1.66. The van der Waals surface area contributed by atoms with Gasteiger partial charge in [0.1, 0.15) is 4.88 Å². The van der Waals surface area contributed by atoms with E-state index in [1.54, 1.807) is 7.11 Å². The highest BCUT2D eigenvalue weighted by atomic mass is 32.1. The predicted molar refractivity (Wildman–Crippen MR) is 82.7 cm³/mol. The first-order valence-corrected chi connectivity index (χ1v) is 8.36. The molecule has 1 aromatic rings. The standard InChI is InChI=1S/C14H24N4O2S/c1-3-5-12-13(21-17-16-12)14(19)18(8-9-20-2)10-11-6-4-7-15-11/h11,15H,3-10H2,1-2H3. The van der Waals surface area contributed by atoms with Crippen molar-refractivity contribution in [1.82, 2.24) is 19.8 Å². The molecule has 2 heterocycles. The second kappa shape index (κ2) is 8.41. The van der Waals surface area contributed by atoms with Crippen LogP contribution in [0.3, 0.4) is 0 Å².